The Bertz CT molecular complexity index is 744. The lowest BCUT2D eigenvalue weighted by atomic mass is 9.98. The van der Waals surface area contributed by atoms with E-state index in [-0.39, 0.29) is 30.8 Å². The highest BCUT2D eigenvalue weighted by atomic mass is 32.2. The average molecular weight is 450 g/mol. The third-order valence-electron chi connectivity index (χ3n) is 4.84. The van der Waals surface area contributed by atoms with E-state index in [2.05, 4.69) is 16.0 Å². The predicted molar refractivity (Wildman–Crippen MR) is 119 cm³/mol. The summed E-state index contributed by atoms with van der Waals surface area (Å²) in [5.74, 6) is -0.122. The Labute approximate surface area is 187 Å². The fourth-order valence-electron chi connectivity index (χ4n) is 3.31. The number of ether oxygens (including phenoxy) is 1. The second-order valence-electron chi connectivity index (χ2n) is 7.89. The number of nitrogens with one attached hydrogen (secondary N) is 3. The van der Waals surface area contributed by atoms with Crippen LogP contribution in [0.2, 0.25) is 0 Å². The van der Waals surface area contributed by atoms with E-state index in [1.165, 1.54) is 0 Å². The summed E-state index contributed by atoms with van der Waals surface area (Å²) < 4.78 is 5.21. The Kier molecular flexibility index (Phi) is 10.4. The van der Waals surface area contributed by atoms with E-state index >= 15 is 0 Å². The van der Waals surface area contributed by atoms with E-state index in [4.69, 9.17) is 4.74 Å². The first kappa shape index (κ1) is 24.7. The average Bonchev–Trinajstić information content (AvgIpc) is 3.15. The molecule has 1 saturated heterocycles. The van der Waals surface area contributed by atoms with Crippen molar-refractivity contribution in [2.45, 2.75) is 50.1 Å². The van der Waals surface area contributed by atoms with Crippen LogP contribution in [-0.4, -0.2) is 55.2 Å². The lowest BCUT2D eigenvalue weighted by Gasteiger charge is -2.22. The highest BCUT2D eigenvalue weighted by molar-refractivity contribution is 7.99. The zero-order chi connectivity index (χ0) is 22.6. The molecule has 0 unspecified atom stereocenters. The molecule has 2 rings (SSSR count). The molecule has 3 atom stereocenters. The smallest absolute Gasteiger partial charge is 0.407 e. The topological polar surface area (TPSA) is 114 Å². The maximum absolute atomic E-state index is 12.7. The van der Waals surface area contributed by atoms with Crippen molar-refractivity contribution < 1.29 is 23.9 Å². The summed E-state index contributed by atoms with van der Waals surface area (Å²) in [4.78, 5) is 49.1. The van der Waals surface area contributed by atoms with Crippen molar-refractivity contribution in [1.82, 2.24) is 16.0 Å². The van der Waals surface area contributed by atoms with Gasteiger partial charge < -0.3 is 25.5 Å². The van der Waals surface area contributed by atoms with Crippen LogP contribution in [0.25, 0.3) is 0 Å². The number of benzene rings is 1. The Balaban J connectivity index is 1.81. The number of carbonyl (C=O) groups excluding carboxylic acids is 4. The molecule has 0 spiro atoms. The first-order valence-corrected chi connectivity index (χ1v) is 11.5. The Morgan fingerprint density at radius 2 is 2.00 bits per heavy atom. The van der Waals surface area contributed by atoms with Gasteiger partial charge in [0.2, 0.25) is 11.8 Å². The molecule has 1 fully saturated rings. The molecule has 8 nitrogen and oxygen atoms in total. The minimum Gasteiger partial charge on any atom is -0.449 e. The van der Waals surface area contributed by atoms with Gasteiger partial charge in [-0.25, -0.2) is 4.79 Å². The van der Waals surface area contributed by atoms with E-state index < -0.39 is 24.1 Å². The van der Waals surface area contributed by atoms with Crippen LogP contribution in [0.5, 0.6) is 0 Å². The molecule has 1 aromatic rings. The van der Waals surface area contributed by atoms with Crippen molar-refractivity contribution in [1.29, 1.82) is 0 Å². The van der Waals surface area contributed by atoms with Gasteiger partial charge in [-0.05, 0) is 37.3 Å². The zero-order valence-corrected chi connectivity index (χ0v) is 18.8. The number of carbonyl (C=O) groups is 4. The molecule has 1 heterocycles. The van der Waals surface area contributed by atoms with Crippen LogP contribution in [0.3, 0.4) is 0 Å². The second kappa shape index (κ2) is 13.0. The Morgan fingerprint density at radius 1 is 1.26 bits per heavy atom. The number of amides is 3. The molecule has 1 aliphatic heterocycles. The first-order valence-electron chi connectivity index (χ1n) is 10.5. The van der Waals surface area contributed by atoms with Crippen LogP contribution >= 0.6 is 11.8 Å². The molecule has 0 aromatic heterocycles. The van der Waals surface area contributed by atoms with Gasteiger partial charge in [-0.2, -0.15) is 0 Å². The summed E-state index contributed by atoms with van der Waals surface area (Å²) in [5.41, 5.74) is 0. The van der Waals surface area contributed by atoms with Gasteiger partial charge in [0.15, 0.2) is 0 Å². The SMILES string of the molecule is CC(C)C[C@H](NC(=O)OCCSc1ccccc1)C(=O)N[C@H](C=O)C[C@@H]1CCNC1=O. The van der Waals surface area contributed by atoms with Crippen LogP contribution in [0.15, 0.2) is 35.2 Å². The summed E-state index contributed by atoms with van der Waals surface area (Å²) in [7, 11) is 0. The lowest BCUT2D eigenvalue weighted by Crippen LogP contribution is -2.51. The molecule has 3 amide bonds. The summed E-state index contributed by atoms with van der Waals surface area (Å²) in [6.45, 7) is 4.65. The molecule has 9 heteroatoms. The minimum absolute atomic E-state index is 0.102. The van der Waals surface area contributed by atoms with Gasteiger partial charge in [0.1, 0.15) is 18.9 Å². The van der Waals surface area contributed by atoms with Crippen LogP contribution in [0.4, 0.5) is 4.79 Å². The summed E-state index contributed by atoms with van der Waals surface area (Å²) >= 11 is 1.57. The molecule has 0 saturated carbocycles. The van der Waals surface area contributed by atoms with E-state index in [1.54, 1.807) is 11.8 Å². The summed E-state index contributed by atoms with van der Waals surface area (Å²) in [5, 5.41) is 7.97. The maximum atomic E-state index is 12.7. The predicted octanol–water partition coefficient (Wildman–Crippen LogP) is 2.13. The Hall–Kier alpha value is -2.55. The normalized spacial score (nSPS) is 17.5. The second-order valence-corrected chi connectivity index (χ2v) is 9.06. The summed E-state index contributed by atoms with van der Waals surface area (Å²) in [6, 6.07) is 8.17. The van der Waals surface area contributed by atoms with Crippen molar-refractivity contribution in [2.24, 2.45) is 11.8 Å². The highest BCUT2D eigenvalue weighted by Crippen LogP contribution is 2.17. The Morgan fingerprint density at radius 3 is 2.61 bits per heavy atom. The number of thioether (sulfide) groups is 1. The largest absolute Gasteiger partial charge is 0.449 e. The van der Waals surface area contributed by atoms with Gasteiger partial charge in [0.05, 0.1) is 6.04 Å². The number of rotatable bonds is 12. The molecule has 1 aliphatic rings. The van der Waals surface area contributed by atoms with Crippen molar-refractivity contribution in [2.75, 3.05) is 18.9 Å². The van der Waals surface area contributed by atoms with E-state index in [0.717, 1.165) is 4.90 Å². The zero-order valence-electron chi connectivity index (χ0n) is 18.0. The van der Waals surface area contributed by atoms with Crippen LogP contribution in [-0.2, 0) is 19.1 Å². The number of hydrogen-bond donors (Lipinski definition) is 3. The summed E-state index contributed by atoms with van der Waals surface area (Å²) in [6.07, 6.45) is 1.24. The van der Waals surface area contributed by atoms with E-state index in [1.807, 2.05) is 44.2 Å². The van der Waals surface area contributed by atoms with Crippen LogP contribution in [0, 0.1) is 11.8 Å². The maximum Gasteiger partial charge on any atom is 0.407 e. The van der Waals surface area contributed by atoms with E-state index in [9.17, 15) is 19.2 Å². The fourth-order valence-corrected chi connectivity index (χ4v) is 4.06. The minimum atomic E-state index is -0.825. The lowest BCUT2D eigenvalue weighted by molar-refractivity contribution is -0.127. The molecule has 1 aromatic carbocycles. The molecule has 3 N–H and O–H groups in total. The van der Waals surface area contributed by atoms with Gasteiger partial charge in [0.25, 0.3) is 0 Å². The van der Waals surface area contributed by atoms with Gasteiger partial charge in [-0.3, -0.25) is 9.59 Å². The fraction of sp³-hybridized carbons (Fsp3) is 0.545. The van der Waals surface area contributed by atoms with Gasteiger partial charge >= 0.3 is 6.09 Å². The van der Waals surface area contributed by atoms with Crippen LogP contribution in [0.1, 0.15) is 33.1 Å². The van der Waals surface area contributed by atoms with Gasteiger partial charge in [0, 0.05) is 23.1 Å². The van der Waals surface area contributed by atoms with Gasteiger partial charge in [-0.15, -0.1) is 11.8 Å². The third-order valence-corrected chi connectivity index (χ3v) is 5.81. The third kappa shape index (κ3) is 9.00. The van der Waals surface area contributed by atoms with Gasteiger partial charge in [-0.1, -0.05) is 32.0 Å². The molecule has 170 valence electrons. The number of aldehydes is 1. The molecular weight excluding hydrogens is 418 g/mol. The van der Waals surface area contributed by atoms with Crippen molar-refractivity contribution in [3.63, 3.8) is 0 Å². The van der Waals surface area contributed by atoms with Crippen molar-refractivity contribution in [3.8, 4) is 0 Å². The molecule has 0 radical (unpaired) electrons. The quantitative estimate of drug-likeness (QED) is 0.256. The number of hydrogen-bond acceptors (Lipinski definition) is 6. The number of alkyl carbamates (subject to hydrolysis) is 1. The van der Waals surface area contributed by atoms with Crippen LogP contribution < -0.4 is 16.0 Å². The van der Waals surface area contributed by atoms with Crippen molar-refractivity contribution in [3.05, 3.63) is 30.3 Å². The van der Waals surface area contributed by atoms with E-state index in [0.29, 0.717) is 31.4 Å². The molecule has 0 bridgehead atoms. The standard InChI is InChI=1S/C22H31N3O5S/c1-15(2)12-19(21(28)24-17(14-26)13-16-8-9-23-20(16)27)25-22(29)30-10-11-31-18-6-4-3-5-7-18/h3-7,14-17,19H,8-13H2,1-2H3,(H,23,27)(H,24,28)(H,25,29)/t16-,17-,19-/m0/s1. The molecular formula is C22H31N3O5S. The highest BCUT2D eigenvalue weighted by Gasteiger charge is 2.30. The molecule has 0 aliphatic carbocycles. The molecule has 31 heavy (non-hydrogen) atoms. The first-order chi connectivity index (χ1) is 14.9. The monoisotopic (exact) mass is 449 g/mol. The van der Waals surface area contributed by atoms with Crippen molar-refractivity contribution >= 4 is 36.0 Å².